The molecule has 8 heteroatoms. The number of carboxylic acid groups (broad SMARTS) is 1. The molecule has 2 aromatic rings. The molecule has 3 N–H and O–H groups in total. The minimum atomic E-state index is -1.01. The molecule has 1 aliphatic heterocycles. The number of pyridine rings is 1. The van der Waals surface area contributed by atoms with Gasteiger partial charge in [-0.15, -0.1) is 0 Å². The molecule has 1 aliphatic rings. The minimum Gasteiger partial charge on any atom is -0.465 e. The summed E-state index contributed by atoms with van der Waals surface area (Å²) in [4.78, 5) is 45.9. The Kier molecular flexibility index (Phi) is 8.85. The van der Waals surface area contributed by atoms with Gasteiger partial charge in [-0.3, -0.25) is 19.5 Å². The van der Waals surface area contributed by atoms with Gasteiger partial charge in [-0.2, -0.15) is 0 Å². The largest absolute Gasteiger partial charge is 0.465 e. The van der Waals surface area contributed by atoms with Crippen molar-refractivity contribution in [2.45, 2.75) is 92.3 Å². The van der Waals surface area contributed by atoms with Crippen LogP contribution in [0.25, 0.3) is 11.1 Å². The maximum absolute atomic E-state index is 13.6. The lowest BCUT2D eigenvalue weighted by molar-refractivity contribution is -0.136. The lowest BCUT2D eigenvalue weighted by Gasteiger charge is -2.35. The third-order valence-electron chi connectivity index (χ3n) is 7.22. The molecule has 0 bridgehead atoms. The Morgan fingerprint density at radius 3 is 2.29 bits per heavy atom. The second kappa shape index (κ2) is 11.5. The Bertz CT molecular complexity index is 1200. The standard InChI is InChI=1S/C30H42N4O4/c1-18(2)15-24-23(17-34(29(37)38)30(5,6)7)27(21-12-10-19(3)11-13-21)22(20(4)32-24)16-26(35)33-14-8-9-25(33)28(31)36/h10-13,18,25H,8-9,14-17H2,1-7H3,(H2,31,36)(H,37,38)/t25-/m0/s1. The van der Waals surface area contributed by atoms with Crippen LogP contribution in [0.1, 0.15) is 75.5 Å². The molecular weight excluding hydrogens is 480 g/mol. The molecule has 0 unspecified atom stereocenters. The van der Waals surface area contributed by atoms with E-state index in [1.165, 1.54) is 4.90 Å². The highest BCUT2D eigenvalue weighted by Crippen LogP contribution is 2.36. The molecule has 8 nitrogen and oxygen atoms in total. The SMILES string of the molecule is Cc1ccc(-c2c(CC(=O)N3CCC[C@H]3C(N)=O)c(C)nc(CC(C)C)c2CN(C(=O)O)C(C)(C)C)cc1. The van der Waals surface area contributed by atoms with E-state index in [-0.39, 0.29) is 18.9 Å². The molecule has 0 saturated carbocycles. The van der Waals surface area contributed by atoms with Gasteiger partial charge in [0, 0.05) is 29.0 Å². The van der Waals surface area contributed by atoms with Gasteiger partial charge in [0.1, 0.15) is 6.04 Å². The first-order valence-corrected chi connectivity index (χ1v) is 13.4. The van der Waals surface area contributed by atoms with Crippen LogP contribution in [0.4, 0.5) is 4.79 Å². The van der Waals surface area contributed by atoms with Crippen molar-refractivity contribution in [1.29, 1.82) is 0 Å². The Morgan fingerprint density at radius 2 is 1.76 bits per heavy atom. The van der Waals surface area contributed by atoms with Gasteiger partial charge in [0.25, 0.3) is 0 Å². The summed E-state index contributed by atoms with van der Waals surface area (Å²) in [6, 6.07) is 7.48. The van der Waals surface area contributed by atoms with Gasteiger partial charge in [0.05, 0.1) is 13.0 Å². The molecule has 3 amide bonds. The number of amides is 3. The summed E-state index contributed by atoms with van der Waals surface area (Å²) in [5.41, 5.74) is 11.0. The number of rotatable bonds is 8. The van der Waals surface area contributed by atoms with Crippen molar-refractivity contribution in [3.05, 3.63) is 52.3 Å². The summed E-state index contributed by atoms with van der Waals surface area (Å²) in [6.45, 7) is 14.4. The monoisotopic (exact) mass is 522 g/mol. The van der Waals surface area contributed by atoms with Crippen LogP contribution in [-0.4, -0.2) is 55.9 Å². The van der Waals surface area contributed by atoms with Crippen LogP contribution >= 0.6 is 0 Å². The Balaban J connectivity index is 2.25. The van der Waals surface area contributed by atoms with Gasteiger partial charge in [-0.1, -0.05) is 43.7 Å². The second-order valence-electron chi connectivity index (χ2n) is 11.8. The average Bonchev–Trinajstić information content (AvgIpc) is 3.29. The molecular formula is C30H42N4O4. The van der Waals surface area contributed by atoms with E-state index >= 15 is 0 Å². The van der Waals surface area contributed by atoms with Gasteiger partial charge in [0.2, 0.25) is 11.8 Å². The first-order chi connectivity index (χ1) is 17.7. The zero-order chi connectivity index (χ0) is 28.4. The van der Waals surface area contributed by atoms with Crippen molar-refractivity contribution < 1.29 is 19.5 Å². The van der Waals surface area contributed by atoms with E-state index in [4.69, 9.17) is 10.7 Å². The molecule has 3 rings (SSSR count). The van der Waals surface area contributed by atoms with Crippen molar-refractivity contribution >= 4 is 17.9 Å². The van der Waals surface area contributed by atoms with Crippen LogP contribution in [0.2, 0.25) is 0 Å². The number of hydrogen-bond acceptors (Lipinski definition) is 4. The first kappa shape index (κ1) is 29.1. The van der Waals surface area contributed by atoms with Crippen LogP contribution in [0.3, 0.4) is 0 Å². The number of carbonyl (C=O) groups is 3. The summed E-state index contributed by atoms with van der Waals surface area (Å²) in [7, 11) is 0. The molecule has 38 heavy (non-hydrogen) atoms. The smallest absolute Gasteiger partial charge is 0.408 e. The van der Waals surface area contributed by atoms with Gasteiger partial charge in [0.15, 0.2) is 0 Å². The van der Waals surface area contributed by atoms with Crippen molar-refractivity contribution in [3.63, 3.8) is 0 Å². The molecule has 1 fully saturated rings. The zero-order valence-corrected chi connectivity index (χ0v) is 23.8. The highest BCUT2D eigenvalue weighted by atomic mass is 16.4. The summed E-state index contributed by atoms with van der Waals surface area (Å²) < 4.78 is 0. The topological polar surface area (TPSA) is 117 Å². The number of carbonyl (C=O) groups excluding carboxylic acids is 2. The number of nitrogens with two attached hydrogens (primary N) is 1. The number of aryl methyl sites for hydroxylation is 2. The third-order valence-corrected chi connectivity index (χ3v) is 7.22. The molecule has 1 aromatic carbocycles. The van der Waals surface area contributed by atoms with Crippen LogP contribution in [-0.2, 0) is 29.0 Å². The Labute approximate surface area is 226 Å². The molecule has 1 atom stereocenters. The molecule has 1 aromatic heterocycles. The van der Waals surface area contributed by atoms with Gasteiger partial charge in [-0.05, 0) is 76.5 Å². The van der Waals surface area contributed by atoms with Crippen LogP contribution in [0.15, 0.2) is 24.3 Å². The lowest BCUT2D eigenvalue weighted by Crippen LogP contribution is -2.45. The van der Waals surface area contributed by atoms with E-state index in [0.29, 0.717) is 25.3 Å². The fourth-order valence-electron chi connectivity index (χ4n) is 5.22. The maximum Gasteiger partial charge on any atom is 0.408 e. The minimum absolute atomic E-state index is 0.0589. The van der Waals surface area contributed by atoms with E-state index in [9.17, 15) is 19.5 Å². The number of likely N-dealkylation sites (tertiary alicyclic amines) is 1. The fraction of sp³-hybridized carbons (Fsp3) is 0.533. The predicted octanol–water partition coefficient (Wildman–Crippen LogP) is 4.86. The molecule has 0 aliphatic carbocycles. The van der Waals surface area contributed by atoms with Crippen molar-refractivity contribution in [1.82, 2.24) is 14.8 Å². The predicted molar refractivity (Wildman–Crippen MR) is 149 cm³/mol. The first-order valence-electron chi connectivity index (χ1n) is 13.4. The number of aromatic nitrogens is 1. The molecule has 206 valence electrons. The van der Waals surface area contributed by atoms with Crippen molar-refractivity contribution in [2.75, 3.05) is 6.54 Å². The highest BCUT2D eigenvalue weighted by molar-refractivity contribution is 5.89. The van der Waals surface area contributed by atoms with Crippen LogP contribution in [0, 0.1) is 19.8 Å². The van der Waals surface area contributed by atoms with Gasteiger partial charge < -0.3 is 15.7 Å². The number of primary amides is 1. The third kappa shape index (κ3) is 6.52. The van der Waals surface area contributed by atoms with Crippen LogP contribution in [0.5, 0.6) is 0 Å². The number of nitrogens with zero attached hydrogens (tertiary/aromatic N) is 3. The summed E-state index contributed by atoms with van der Waals surface area (Å²) in [5, 5.41) is 10.1. The quantitative estimate of drug-likeness (QED) is 0.513. The van der Waals surface area contributed by atoms with E-state index in [1.54, 1.807) is 4.90 Å². The van der Waals surface area contributed by atoms with E-state index in [0.717, 1.165) is 45.6 Å². The molecule has 1 saturated heterocycles. The average molecular weight is 523 g/mol. The highest BCUT2D eigenvalue weighted by Gasteiger charge is 2.34. The summed E-state index contributed by atoms with van der Waals surface area (Å²) in [6.07, 6.45) is 1.03. The molecule has 0 radical (unpaired) electrons. The zero-order valence-electron chi connectivity index (χ0n) is 23.8. The van der Waals surface area contributed by atoms with E-state index in [1.807, 2.05) is 58.9 Å². The van der Waals surface area contributed by atoms with E-state index in [2.05, 4.69) is 13.8 Å². The molecule has 0 spiro atoms. The number of benzene rings is 1. The Hall–Kier alpha value is -3.42. The fourth-order valence-corrected chi connectivity index (χ4v) is 5.22. The second-order valence-corrected chi connectivity index (χ2v) is 11.8. The summed E-state index contributed by atoms with van der Waals surface area (Å²) >= 11 is 0. The normalized spacial score (nSPS) is 15.7. The lowest BCUT2D eigenvalue weighted by atomic mass is 9.87. The van der Waals surface area contributed by atoms with Crippen molar-refractivity contribution in [3.8, 4) is 11.1 Å². The van der Waals surface area contributed by atoms with Gasteiger partial charge >= 0.3 is 6.09 Å². The van der Waals surface area contributed by atoms with E-state index < -0.39 is 23.6 Å². The number of hydrogen-bond donors (Lipinski definition) is 2. The van der Waals surface area contributed by atoms with Crippen LogP contribution < -0.4 is 5.73 Å². The summed E-state index contributed by atoms with van der Waals surface area (Å²) in [5.74, 6) is -0.356. The van der Waals surface area contributed by atoms with Gasteiger partial charge in [-0.25, -0.2) is 4.79 Å². The van der Waals surface area contributed by atoms with Crippen molar-refractivity contribution in [2.24, 2.45) is 11.7 Å². The maximum atomic E-state index is 13.6. The Morgan fingerprint density at radius 1 is 1.13 bits per heavy atom. The molecule has 2 heterocycles.